The minimum absolute atomic E-state index is 0.0732. The summed E-state index contributed by atoms with van der Waals surface area (Å²) in [6.07, 6.45) is 11.2. The van der Waals surface area contributed by atoms with Crippen molar-refractivity contribution in [3.8, 4) is 11.7 Å². The van der Waals surface area contributed by atoms with Gasteiger partial charge in [0.25, 0.3) is 15.9 Å². The van der Waals surface area contributed by atoms with Gasteiger partial charge in [-0.15, -0.1) is 5.10 Å². The highest BCUT2D eigenvalue weighted by atomic mass is 32.2. The van der Waals surface area contributed by atoms with Crippen LogP contribution in [-0.2, 0) is 17.1 Å². The molecule has 10 nitrogen and oxygen atoms in total. The number of ether oxygens (including phenoxy) is 1. The summed E-state index contributed by atoms with van der Waals surface area (Å²) < 4.78 is 38.0. The number of hydrogen-bond donors (Lipinski definition) is 1. The summed E-state index contributed by atoms with van der Waals surface area (Å²) >= 11 is 0. The first-order valence-corrected chi connectivity index (χ1v) is 16.0. The van der Waals surface area contributed by atoms with Gasteiger partial charge in [-0.1, -0.05) is 13.3 Å². The molecule has 11 heteroatoms. The molecule has 220 valence electrons. The van der Waals surface area contributed by atoms with Crippen molar-refractivity contribution in [1.82, 2.24) is 24.1 Å². The second-order valence-electron chi connectivity index (χ2n) is 13.0. The summed E-state index contributed by atoms with van der Waals surface area (Å²) in [5.74, 6) is 3.46. The van der Waals surface area contributed by atoms with Crippen LogP contribution < -0.4 is 14.4 Å². The van der Waals surface area contributed by atoms with Gasteiger partial charge in [0.05, 0.1) is 12.2 Å². The first-order chi connectivity index (χ1) is 19.4. The van der Waals surface area contributed by atoms with Crippen molar-refractivity contribution in [2.24, 2.45) is 30.7 Å². The number of hydrogen-bond acceptors (Lipinski definition) is 7. The molecule has 3 aliphatic rings. The quantitative estimate of drug-likeness (QED) is 0.418. The standard InChI is InChI=1S/C30H40N6O4S/c1-19-14-30(3,4)35(15-19)28-24(29(37)33-41(38,39)25-17-34(5)16-20(25)2)8-9-26(31-28)36-11-10-27(32-36)40-18-23-13-21-6-7-22(23)12-21/h8-11,16-17,19,21-23H,6-7,12-15,18H2,1-5H3,(H,33,37)/t19-,21+,22+,23?/m0/s1. The number of nitrogens with one attached hydrogen (secondary N) is 1. The Labute approximate surface area is 242 Å². The minimum Gasteiger partial charge on any atom is -0.476 e. The van der Waals surface area contributed by atoms with Crippen LogP contribution in [-0.4, -0.2) is 52.3 Å². The Balaban J connectivity index is 1.27. The molecule has 0 aromatic carbocycles. The van der Waals surface area contributed by atoms with Crippen LogP contribution in [0.15, 0.2) is 41.7 Å². The molecule has 1 N–H and O–H groups in total. The third kappa shape index (κ3) is 5.36. The third-order valence-electron chi connectivity index (χ3n) is 9.19. The molecular weight excluding hydrogens is 540 g/mol. The van der Waals surface area contributed by atoms with Gasteiger partial charge in [0.15, 0.2) is 5.82 Å². The van der Waals surface area contributed by atoms with Crippen LogP contribution in [0.3, 0.4) is 0 Å². The highest BCUT2D eigenvalue weighted by Crippen LogP contribution is 2.48. The Morgan fingerprint density at radius 3 is 2.61 bits per heavy atom. The number of nitrogens with zero attached hydrogens (tertiary/aromatic N) is 5. The molecule has 3 fully saturated rings. The second-order valence-corrected chi connectivity index (χ2v) is 14.7. The first kappa shape index (κ1) is 27.8. The van der Waals surface area contributed by atoms with E-state index in [1.165, 1.54) is 31.9 Å². The van der Waals surface area contributed by atoms with E-state index in [4.69, 9.17) is 9.72 Å². The molecule has 41 heavy (non-hydrogen) atoms. The molecule has 4 heterocycles. The number of amides is 1. The fourth-order valence-corrected chi connectivity index (χ4v) is 8.65. The zero-order valence-electron chi connectivity index (χ0n) is 24.5. The Hall–Kier alpha value is -3.34. The van der Waals surface area contributed by atoms with Gasteiger partial charge in [-0.3, -0.25) is 4.79 Å². The van der Waals surface area contributed by atoms with Gasteiger partial charge in [0, 0.05) is 43.8 Å². The summed E-state index contributed by atoms with van der Waals surface area (Å²) in [5.41, 5.74) is 0.495. The molecule has 0 spiro atoms. The Morgan fingerprint density at radius 2 is 1.98 bits per heavy atom. The van der Waals surface area contributed by atoms with Gasteiger partial charge < -0.3 is 14.2 Å². The molecule has 1 saturated heterocycles. The van der Waals surface area contributed by atoms with Crippen LogP contribution in [0.4, 0.5) is 5.82 Å². The number of pyridine rings is 1. The van der Waals surface area contributed by atoms with E-state index in [1.807, 2.05) is 12.3 Å². The maximum Gasteiger partial charge on any atom is 0.268 e. The third-order valence-corrected chi connectivity index (χ3v) is 10.6. The van der Waals surface area contributed by atoms with Gasteiger partial charge in [0.2, 0.25) is 5.88 Å². The molecular formula is C30H40N6O4S. The molecule has 1 aliphatic heterocycles. The van der Waals surface area contributed by atoms with E-state index < -0.39 is 15.9 Å². The number of aryl methyl sites for hydroxylation is 2. The Bertz CT molecular complexity index is 1570. The van der Waals surface area contributed by atoms with Gasteiger partial charge >= 0.3 is 0 Å². The minimum atomic E-state index is -4.07. The van der Waals surface area contributed by atoms with E-state index >= 15 is 0 Å². The average Bonchev–Trinajstić information content (AvgIpc) is 3.72. The van der Waals surface area contributed by atoms with Crippen molar-refractivity contribution in [2.75, 3.05) is 18.1 Å². The van der Waals surface area contributed by atoms with Crippen molar-refractivity contribution < 1.29 is 17.9 Å². The summed E-state index contributed by atoms with van der Waals surface area (Å²) in [6.45, 7) is 9.49. The van der Waals surface area contributed by atoms with Crippen molar-refractivity contribution in [2.45, 2.75) is 70.2 Å². The monoisotopic (exact) mass is 580 g/mol. The summed E-state index contributed by atoms with van der Waals surface area (Å²) in [5, 5.41) is 4.62. The van der Waals surface area contributed by atoms with Crippen LogP contribution in [0.2, 0.25) is 0 Å². The lowest BCUT2D eigenvalue weighted by Gasteiger charge is -2.34. The zero-order chi connectivity index (χ0) is 29.1. The number of fused-ring (bicyclic) bond motifs is 2. The van der Waals surface area contributed by atoms with E-state index in [0.717, 1.165) is 18.3 Å². The predicted molar refractivity (Wildman–Crippen MR) is 156 cm³/mol. The summed E-state index contributed by atoms with van der Waals surface area (Å²) in [7, 11) is -2.33. The number of aromatic nitrogens is 4. The molecule has 1 amide bonds. The lowest BCUT2D eigenvalue weighted by Crippen LogP contribution is -2.41. The Kier molecular flexibility index (Phi) is 6.91. The molecule has 3 aromatic rings. The van der Waals surface area contributed by atoms with Gasteiger partial charge in [-0.2, -0.15) is 0 Å². The maximum atomic E-state index is 13.5. The molecule has 0 radical (unpaired) electrons. The fraction of sp³-hybridized carbons (Fsp3) is 0.567. The number of carbonyl (C=O) groups is 1. The maximum absolute atomic E-state index is 13.5. The van der Waals surface area contributed by atoms with E-state index in [-0.39, 0.29) is 16.0 Å². The summed E-state index contributed by atoms with van der Waals surface area (Å²) in [4.78, 5) is 20.6. The van der Waals surface area contributed by atoms with E-state index in [0.29, 0.717) is 48.1 Å². The van der Waals surface area contributed by atoms with Crippen LogP contribution in [0.5, 0.6) is 5.88 Å². The smallest absolute Gasteiger partial charge is 0.268 e. The zero-order valence-corrected chi connectivity index (χ0v) is 25.3. The highest BCUT2D eigenvalue weighted by molar-refractivity contribution is 7.90. The SMILES string of the molecule is Cc1cn(C)cc1S(=O)(=O)NC(=O)c1ccc(-n2ccc(OCC3C[C@@H]4CC[C@@H]3C4)n2)nc1N1C[C@@H](C)CC1(C)C. The molecule has 2 bridgehead atoms. The Morgan fingerprint density at radius 1 is 1.17 bits per heavy atom. The van der Waals surface area contributed by atoms with Crippen molar-refractivity contribution >= 4 is 21.7 Å². The highest BCUT2D eigenvalue weighted by Gasteiger charge is 2.41. The van der Waals surface area contributed by atoms with E-state index in [1.54, 1.807) is 41.5 Å². The first-order valence-electron chi connectivity index (χ1n) is 14.6. The van der Waals surface area contributed by atoms with Crippen molar-refractivity contribution in [1.29, 1.82) is 0 Å². The van der Waals surface area contributed by atoms with Crippen molar-refractivity contribution in [3.05, 3.63) is 47.9 Å². The van der Waals surface area contributed by atoms with Crippen molar-refractivity contribution in [3.63, 3.8) is 0 Å². The lowest BCUT2D eigenvalue weighted by atomic mass is 9.90. The topological polar surface area (TPSA) is 111 Å². The summed E-state index contributed by atoms with van der Waals surface area (Å²) in [6, 6.07) is 5.17. The van der Waals surface area contributed by atoms with Crippen LogP contribution >= 0.6 is 0 Å². The number of sulfonamides is 1. The molecule has 1 unspecified atom stereocenters. The molecule has 2 saturated carbocycles. The van der Waals surface area contributed by atoms with Gasteiger partial charge in [-0.05, 0) is 87.8 Å². The molecule has 4 atom stereocenters. The largest absolute Gasteiger partial charge is 0.476 e. The predicted octanol–water partition coefficient (Wildman–Crippen LogP) is 4.47. The fourth-order valence-electron chi connectivity index (χ4n) is 7.40. The van der Waals surface area contributed by atoms with E-state index in [2.05, 4.69) is 35.5 Å². The van der Waals surface area contributed by atoms with E-state index in [9.17, 15) is 13.2 Å². The normalized spacial score (nSPS) is 25.1. The van der Waals surface area contributed by atoms with Crippen LogP contribution in [0.1, 0.15) is 68.8 Å². The second kappa shape index (κ2) is 10.2. The number of rotatable bonds is 8. The molecule has 2 aliphatic carbocycles. The number of carbonyl (C=O) groups excluding carboxylic acids is 1. The van der Waals surface area contributed by atoms with Crippen LogP contribution in [0, 0.1) is 30.6 Å². The molecule has 3 aromatic heterocycles. The number of anilines is 1. The van der Waals surface area contributed by atoms with Crippen LogP contribution in [0.25, 0.3) is 5.82 Å². The van der Waals surface area contributed by atoms with Gasteiger partial charge in [-0.25, -0.2) is 22.8 Å². The van der Waals surface area contributed by atoms with Gasteiger partial charge in [0.1, 0.15) is 10.7 Å². The lowest BCUT2D eigenvalue weighted by molar-refractivity contribution is 0.0981. The average molecular weight is 581 g/mol. The molecule has 6 rings (SSSR count).